The van der Waals surface area contributed by atoms with Gasteiger partial charge in [0.2, 0.25) is 0 Å². The Morgan fingerprint density at radius 2 is 1.89 bits per heavy atom. The van der Waals surface area contributed by atoms with Crippen molar-refractivity contribution in [3.8, 4) is 0 Å². The molecule has 0 radical (unpaired) electrons. The monoisotopic (exact) mass is 142 g/mol. The summed E-state index contributed by atoms with van der Waals surface area (Å²) in [6, 6.07) is 0. The second kappa shape index (κ2) is 10.5. The summed E-state index contributed by atoms with van der Waals surface area (Å²) in [4.78, 5) is 1.24. The van der Waals surface area contributed by atoms with Crippen molar-refractivity contribution < 1.29 is 0 Å². The average molecular weight is 142 g/mol. The van der Waals surface area contributed by atoms with Gasteiger partial charge in [-0.3, -0.25) is 0 Å². The highest BCUT2D eigenvalue weighted by Gasteiger charge is 1.78. The second-order valence-electron chi connectivity index (χ2n) is 1.10. The highest BCUT2D eigenvalue weighted by molar-refractivity contribution is 8.02. The molecular formula is C8H14S. The lowest BCUT2D eigenvalue weighted by atomic mass is 10.5. The third-order valence-corrected chi connectivity index (χ3v) is 1.60. The Bertz CT molecular complexity index is 92.7. The van der Waals surface area contributed by atoms with E-state index in [-0.39, 0.29) is 0 Å². The number of hydrogen-bond donors (Lipinski definition) is 0. The minimum Gasteiger partial charge on any atom is -0.130 e. The predicted octanol–water partition coefficient (Wildman–Crippen LogP) is 3.24. The largest absolute Gasteiger partial charge is 0.130 e. The summed E-state index contributed by atoms with van der Waals surface area (Å²) >= 11 is 1.71. The van der Waals surface area contributed by atoms with Crippen LogP contribution in [0.2, 0.25) is 0 Å². The molecule has 0 aliphatic carbocycles. The number of allylic oxidation sites excluding steroid dienone is 2. The highest BCUT2D eigenvalue weighted by atomic mass is 32.2. The molecule has 0 heterocycles. The molecule has 0 aromatic heterocycles. The summed E-state index contributed by atoms with van der Waals surface area (Å²) in [5, 5.41) is 0. The lowest BCUT2D eigenvalue weighted by molar-refractivity contribution is 1.71. The molecule has 0 aromatic carbocycles. The molecule has 9 heavy (non-hydrogen) atoms. The van der Waals surface area contributed by atoms with Crippen LogP contribution in [0, 0.1) is 0 Å². The van der Waals surface area contributed by atoms with Crippen LogP contribution in [0.3, 0.4) is 0 Å². The maximum absolute atomic E-state index is 3.61. The van der Waals surface area contributed by atoms with Crippen molar-refractivity contribution in [2.75, 3.05) is 6.26 Å². The fraction of sp³-hybridized carbons (Fsp3) is 0.250. The van der Waals surface area contributed by atoms with Gasteiger partial charge >= 0.3 is 0 Å². The van der Waals surface area contributed by atoms with Gasteiger partial charge in [-0.25, -0.2) is 0 Å². The number of thioether (sulfide) groups is 1. The van der Waals surface area contributed by atoms with Crippen molar-refractivity contribution in [1.29, 1.82) is 0 Å². The number of rotatable bonds is 2. The van der Waals surface area contributed by atoms with E-state index in [1.54, 1.807) is 11.8 Å². The summed E-state index contributed by atoms with van der Waals surface area (Å²) in [6.45, 7) is 11.6. The summed E-state index contributed by atoms with van der Waals surface area (Å²) in [6.07, 6.45) is 5.93. The molecule has 0 rings (SSSR count). The normalized spacial score (nSPS) is 9.33. The van der Waals surface area contributed by atoms with Gasteiger partial charge in [0.05, 0.1) is 0 Å². The van der Waals surface area contributed by atoms with Crippen LogP contribution in [0.1, 0.15) is 6.92 Å². The zero-order valence-electron chi connectivity index (χ0n) is 6.18. The standard InChI is InChI=1S/C6H10S.C2H4/c1-4-6(5-2)7-3;1-2/h4-5H,1H2,2-3H3;1-2H2/b6-5+;. The van der Waals surface area contributed by atoms with Gasteiger partial charge in [0.1, 0.15) is 0 Å². The smallest absolute Gasteiger partial charge is 0.00205 e. The first-order valence-electron chi connectivity index (χ1n) is 2.68. The molecule has 0 bridgehead atoms. The van der Waals surface area contributed by atoms with E-state index < -0.39 is 0 Å². The molecule has 0 nitrogen and oxygen atoms in total. The third-order valence-electron chi connectivity index (χ3n) is 0.721. The van der Waals surface area contributed by atoms with Crippen molar-refractivity contribution in [3.05, 3.63) is 36.8 Å². The Labute approximate surface area is 62.4 Å². The minimum atomic E-state index is 1.24. The molecule has 0 saturated carbocycles. The fourth-order valence-electron chi connectivity index (χ4n) is 0.319. The van der Waals surface area contributed by atoms with E-state index in [0.717, 1.165) is 0 Å². The van der Waals surface area contributed by atoms with Crippen LogP contribution in [0.15, 0.2) is 36.8 Å². The molecule has 0 aromatic rings. The molecular weight excluding hydrogens is 128 g/mol. The van der Waals surface area contributed by atoms with Gasteiger partial charge in [-0.2, -0.15) is 0 Å². The fourth-order valence-corrected chi connectivity index (χ4v) is 0.721. The van der Waals surface area contributed by atoms with Crippen molar-refractivity contribution in [2.45, 2.75) is 6.92 Å². The molecule has 0 saturated heterocycles. The topological polar surface area (TPSA) is 0 Å². The Morgan fingerprint density at radius 3 is 1.89 bits per heavy atom. The van der Waals surface area contributed by atoms with E-state index in [9.17, 15) is 0 Å². The van der Waals surface area contributed by atoms with Crippen molar-refractivity contribution in [2.24, 2.45) is 0 Å². The molecule has 1 heteroatoms. The van der Waals surface area contributed by atoms with Gasteiger partial charge in [-0.05, 0) is 13.2 Å². The van der Waals surface area contributed by atoms with Gasteiger partial charge in [0, 0.05) is 4.91 Å². The van der Waals surface area contributed by atoms with Crippen molar-refractivity contribution >= 4 is 11.8 Å². The Hall–Kier alpha value is -0.430. The first-order chi connectivity index (χ1) is 4.35. The third kappa shape index (κ3) is 7.57. The molecule has 52 valence electrons. The SMILES string of the molecule is C=C.C=C/C(=C\C)SC. The molecule has 0 spiro atoms. The molecule has 0 aliphatic heterocycles. The summed E-state index contributed by atoms with van der Waals surface area (Å²) < 4.78 is 0. The zero-order chi connectivity index (χ0) is 7.70. The van der Waals surface area contributed by atoms with Gasteiger partial charge < -0.3 is 0 Å². The Balaban J connectivity index is 0. The van der Waals surface area contributed by atoms with Crippen LogP contribution in [0.4, 0.5) is 0 Å². The van der Waals surface area contributed by atoms with E-state index in [4.69, 9.17) is 0 Å². The zero-order valence-corrected chi connectivity index (χ0v) is 7.00. The van der Waals surface area contributed by atoms with E-state index in [0.29, 0.717) is 0 Å². The quantitative estimate of drug-likeness (QED) is 0.421. The van der Waals surface area contributed by atoms with E-state index in [1.165, 1.54) is 4.91 Å². The molecule has 0 amide bonds. The highest BCUT2D eigenvalue weighted by Crippen LogP contribution is 2.10. The van der Waals surface area contributed by atoms with E-state index in [2.05, 4.69) is 19.7 Å². The van der Waals surface area contributed by atoms with E-state index in [1.807, 2.05) is 25.3 Å². The van der Waals surface area contributed by atoms with Gasteiger partial charge in [0.15, 0.2) is 0 Å². The van der Waals surface area contributed by atoms with Gasteiger partial charge in [0.25, 0.3) is 0 Å². The van der Waals surface area contributed by atoms with Crippen LogP contribution in [0.25, 0.3) is 0 Å². The number of hydrogen-bond acceptors (Lipinski definition) is 1. The Morgan fingerprint density at radius 1 is 1.44 bits per heavy atom. The summed E-state index contributed by atoms with van der Waals surface area (Å²) in [5.74, 6) is 0. The molecule has 0 N–H and O–H groups in total. The average Bonchev–Trinajstić information content (AvgIpc) is 1.96. The minimum absolute atomic E-state index is 1.24. The van der Waals surface area contributed by atoms with Crippen LogP contribution < -0.4 is 0 Å². The van der Waals surface area contributed by atoms with Crippen LogP contribution in [0.5, 0.6) is 0 Å². The maximum Gasteiger partial charge on any atom is 0.00205 e. The summed E-state index contributed by atoms with van der Waals surface area (Å²) in [7, 11) is 0. The maximum atomic E-state index is 3.61. The van der Waals surface area contributed by atoms with Gasteiger partial charge in [-0.1, -0.05) is 18.7 Å². The van der Waals surface area contributed by atoms with Crippen LogP contribution >= 0.6 is 11.8 Å². The lowest BCUT2D eigenvalue weighted by Gasteiger charge is -1.87. The molecule has 0 atom stereocenters. The first-order valence-corrected chi connectivity index (χ1v) is 3.90. The predicted molar refractivity (Wildman–Crippen MR) is 48.7 cm³/mol. The molecule has 0 fully saturated rings. The lowest BCUT2D eigenvalue weighted by Crippen LogP contribution is -1.60. The first kappa shape index (κ1) is 11.4. The van der Waals surface area contributed by atoms with Crippen molar-refractivity contribution in [3.63, 3.8) is 0 Å². The molecule has 0 unspecified atom stereocenters. The second-order valence-corrected chi connectivity index (χ2v) is 1.98. The van der Waals surface area contributed by atoms with E-state index >= 15 is 0 Å². The molecule has 0 aliphatic rings. The van der Waals surface area contributed by atoms with Crippen molar-refractivity contribution in [1.82, 2.24) is 0 Å². The summed E-state index contributed by atoms with van der Waals surface area (Å²) in [5.41, 5.74) is 0. The van der Waals surface area contributed by atoms with Gasteiger partial charge in [-0.15, -0.1) is 24.9 Å². The van der Waals surface area contributed by atoms with Crippen LogP contribution in [-0.2, 0) is 0 Å². The van der Waals surface area contributed by atoms with Crippen LogP contribution in [-0.4, -0.2) is 6.26 Å². The Kier molecular flexibility index (Phi) is 13.3.